The first-order valence-corrected chi connectivity index (χ1v) is 14.8. The zero-order chi connectivity index (χ0) is 30.1. The number of esters is 2. The number of allylic oxidation sites excluding steroid dienone is 1. The number of carbonyl (C=O) groups is 5. The summed E-state index contributed by atoms with van der Waals surface area (Å²) in [5.41, 5.74) is 5.80. The highest BCUT2D eigenvalue weighted by Gasteiger charge is 2.55. The fourth-order valence-electron chi connectivity index (χ4n) is 5.17. The van der Waals surface area contributed by atoms with Gasteiger partial charge in [0.15, 0.2) is 5.13 Å². The van der Waals surface area contributed by atoms with Crippen LogP contribution in [0.4, 0.5) is 5.13 Å². The van der Waals surface area contributed by atoms with Gasteiger partial charge in [-0.05, 0) is 31.0 Å². The van der Waals surface area contributed by atoms with Crippen molar-refractivity contribution >= 4 is 63.8 Å². The lowest BCUT2D eigenvalue weighted by molar-refractivity contribution is -0.182. The largest absolute Gasteiger partial charge is 1.00 e. The van der Waals surface area contributed by atoms with Crippen LogP contribution in [0.3, 0.4) is 0 Å². The minimum Gasteiger partial charge on any atom is -1.00 e. The van der Waals surface area contributed by atoms with E-state index in [0.717, 1.165) is 38.0 Å². The number of aromatic nitrogens is 2. The minimum absolute atomic E-state index is 0. The average molecular weight is 656 g/mol. The number of nitrogens with zero attached hydrogens (tertiary/aromatic N) is 5. The fourth-order valence-corrected chi connectivity index (χ4v) is 6.91. The number of thioether (sulfide) groups is 1. The Morgan fingerprint density at radius 3 is 2.70 bits per heavy atom. The molecule has 19 heteroatoms. The molecule has 4 aliphatic rings. The molecule has 5 rings (SSSR count). The van der Waals surface area contributed by atoms with Crippen LogP contribution in [-0.2, 0) is 33.4 Å². The van der Waals surface area contributed by atoms with E-state index >= 15 is 0 Å². The minimum atomic E-state index is -1.24. The Kier molecular flexibility index (Phi) is 9.93. The van der Waals surface area contributed by atoms with Crippen molar-refractivity contribution in [2.24, 2.45) is 5.16 Å². The summed E-state index contributed by atoms with van der Waals surface area (Å²) in [7, 11) is 0. The lowest BCUT2D eigenvalue weighted by Gasteiger charge is -2.49. The number of hydrogen-bond donors (Lipinski definition) is 4. The maximum atomic E-state index is 13.4. The molecular weight excluding hydrogens is 628 g/mol. The van der Waals surface area contributed by atoms with Crippen LogP contribution in [-0.4, -0.2) is 109 Å². The molecule has 0 saturated carbocycles. The molecule has 0 radical (unpaired) electrons. The summed E-state index contributed by atoms with van der Waals surface area (Å²) in [6.45, 7) is 4.62. The van der Waals surface area contributed by atoms with Crippen LogP contribution >= 0.6 is 23.3 Å². The number of nitrogens with two attached hydrogens (primary N) is 1. The van der Waals surface area contributed by atoms with Crippen molar-refractivity contribution in [3.63, 3.8) is 0 Å². The summed E-state index contributed by atoms with van der Waals surface area (Å²) >= 11 is 2.06. The molecule has 1 aromatic heterocycles. The number of amides is 3. The summed E-state index contributed by atoms with van der Waals surface area (Å²) < 4.78 is 14.1. The Hall–Kier alpha value is -3.74. The van der Waals surface area contributed by atoms with Crippen molar-refractivity contribution in [3.05, 3.63) is 28.7 Å². The van der Waals surface area contributed by atoms with Gasteiger partial charge in [-0.15, -0.1) is 11.8 Å². The van der Waals surface area contributed by atoms with Gasteiger partial charge in [-0.2, -0.15) is 9.36 Å². The highest BCUT2D eigenvalue weighted by molar-refractivity contribution is 8.00. The summed E-state index contributed by atoms with van der Waals surface area (Å²) in [6, 6.07) is -0.988. The number of hydrogen-bond acceptors (Lipinski definition) is 15. The molecule has 1 unspecified atom stereocenters. The van der Waals surface area contributed by atoms with Crippen molar-refractivity contribution in [2.75, 3.05) is 31.1 Å². The smallest absolute Gasteiger partial charge is 0.358 e. The summed E-state index contributed by atoms with van der Waals surface area (Å²) in [6.07, 6.45) is 1.71. The van der Waals surface area contributed by atoms with Gasteiger partial charge in [0.05, 0.1) is 0 Å². The second-order valence-corrected chi connectivity index (χ2v) is 11.7. The third-order valence-corrected chi connectivity index (χ3v) is 8.88. The van der Waals surface area contributed by atoms with E-state index in [-0.39, 0.29) is 46.8 Å². The standard InChI is InChI=1S/C24H28N8O8S2.ClH/c1-10(33)39-11(2)40-23(37)17-13(7-12-4-6-31(20(12)35)14-3-5-26-8-14)9-41-22-16(21(36)32(17)22)27-19(34)15(29-38)18-28-24(25)42-30-18;/h7,11,14,16,22,26,38H,3-6,8-9H2,1-2H3,(H,27,34)(H2,25,28,30);1H/p-1/b12-7+,29-15-;/t11?,14-,16-,22-;/m1./s1. The van der Waals surface area contributed by atoms with E-state index in [0.29, 0.717) is 24.1 Å². The highest BCUT2D eigenvalue weighted by Crippen LogP contribution is 2.42. The molecule has 0 aromatic carbocycles. The van der Waals surface area contributed by atoms with Crippen LogP contribution in [0.15, 0.2) is 28.1 Å². The Bertz CT molecular complexity index is 1430. The Labute approximate surface area is 259 Å². The molecule has 3 amide bonds. The molecule has 1 aromatic rings. The van der Waals surface area contributed by atoms with Crippen LogP contribution in [0.5, 0.6) is 0 Å². The van der Waals surface area contributed by atoms with E-state index in [9.17, 15) is 29.2 Å². The highest BCUT2D eigenvalue weighted by atomic mass is 35.5. The number of nitrogens with one attached hydrogen (secondary N) is 2. The quantitative estimate of drug-likeness (QED) is 0.0399. The predicted octanol–water partition coefficient (Wildman–Crippen LogP) is -4.07. The number of oxime groups is 1. The molecule has 3 fully saturated rings. The first kappa shape index (κ1) is 32.2. The first-order valence-electron chi connectivity index (χ1n) is 13.0. The van der Waals surface area contributed by atoms with Crippen LogP contribution < -0.4 is 28.8 Å². The number of rotatable bonds is 8. The molecule has 4 atom stereocenters. The maximum Gasteiger partial charge on any atom is 0.358 e. The van der Waals surface area contributed by atoms with E-state index in [1.54, 1.807) is 6.08 Å². The number of anilines is 1. The molecule has 0 spiro atoms. The molecule has 4 aliphatic heterocycles. The first-order chi connectivity index (χ1) is 20.1. The number of β-lactam (4-membered cyclic amide) rings is 1. The fraction of sp³-hybridized carbons (Fsp3) is 0.500. The number of halogens is 1. The van der Waals surface area contributed by atoms with Gasteiger partial charge in [-0.1, -0.05) is 5.16 Å². The average Bonchev–Trinajstić information content (AvgIpc) is 3.69. The zero-order valence-electron chi connectivity index (χ0n) is 22.9. The number of ether oxygens (including phenoxy) is 2. The molecule has 16 nitrogen and oxygen atoms in total. The second kappa shape index (κ2) is 13.3. The van der Waals surface area contributed by atoms with Gasteiger partial charge in [0, 0.05) is 55.8 Å². The summed E-state index contributed by atoms with van der Waals surface area (Å²) in [4.78, 5) is 70.9. The number of fused-ring (bicyclic) bond motifs is 1. The van der Waals surface area contributed by atoms with Gasteiger partial charge in [-0.25, -0.2) is 4.79 Å². The Balaban J connectivity index is 0.00000423. The number of likely N-dealkylation sites (tertiary alicyclic amines) is 1. The van der Waals surface area contributed by atoms with Gasteiger partial charge in [0.25, 0.3) is 11.8 Å². The molecular formula is C24H28ClN8O8S2-. The lowest BCUT2D eigenvalue weighted by atomic mass is 10.0. The van der Waals surface area contributed by atoms with Gasteiger partial charge < -0.3 is 48.4 Å². The van der Waals surface area contributed by atoms with E-state index in [1.165, 1.54) is 23.6 Å². The number of carbonyl (C=O) groups excluding carboxylic acids is 5. The van der Waals surface area contributed by atoms with Gasteiger partial charge >= 0.3 is 11.9 Å². The normalized spacial score (nSPS) is 25.2. The zero-order valence-corrected chi connectivity index (χ0v) is 25.3. The SMILES string of the molecule is CC(=O)OC(C)OC(=O)C1=C(/C=C2\CCN([C@@H]3CCNC3)C2=O)CS[C@@H]2[C@H](NC(=O)/C(=N\O)c3nsc(N)n3)C(=O)N12.[Cl-]. The molecule has 43 heavy (non-hydrogen) atoms. The van der Waals surface area contributed by atoms with Crippen molar-refractivity contribution in [2.45, 2.75) is 50.4 Å². The van der Waals surface area contributed by atoms with Crippen LogP contribution in [0.1, 0.15) is 32.5 Å². The molecule has 0 bridgehead atoms. The van der Waals surface area contributed by atoms with Gasteiger partial charge in [0.1, 0.15) is 17.1 Å². The van der Waals surface area contributed by atoms with E-state index < -0.39 is 47.2 Å². The predicted molar refractivity (Wildman–Crippen MR) is 148 cm³/mol. The Morgan fingerprint density at radius 2 is 2.07 bits per heavy atom. The third kappa shape index (κ3) is 6.46. The van der Waals surface area contributed by atoms with Crippen molar-refractivity contribution in [1.29, 1.82) is 0 Å². The van der Waals surface area contributed by atoms with Crippen LogP contribution in [0.2, 0.25) is 0 Å². The summed E-state index contributed by atoms with van der Waals surface area (Å²) in [5, 5.41) is 17.4. The third-order valence-electron chi connectivity index (χ3n) is 7.03. The van der Waals surface area contributed by atoms with Gasteiger partial charge in [0.2, 0.25) is 23.7 Å². The lowest BCUT2D eigenvalue weighted by Crippen LogP contribution is -3.00. The van der Waals surface area contributed by atoms with E-state index in [4.69, 9.17) is 15.2 Å². The Morgan fingerprint density at radius 1 is 1.30 bits per heavy atom. The molecule has 232 valence electrons. The van der Waals surface area contributed by atoms with Crippen molar-refractivity contribution in [1.82, 2.24) is 29.8 Å². The van der Waals surface area contributed by atoms with Crippen molar-refractivity contribution in [3.8, 4) is 0 Å². The van der Waals surface area contributed by atoms with Crippen molar-refractivity contribution < 1.29 is 51.1 Å². The van der Waals surface area contributed by atoms with Crippen LogP contribution in [0, 0.1) is 0 Å². The monoisotopic (exact) mass is 655 g/mol. The maximum absolute atomic E-state index is 13.4. The second-order valence-electron chi connectivity index (χ2n) is 9.79. The molecule has 5 N–H and O–H groups in total. The van der Waals surface area contributed by atoms with Gasteiger partial charge in [-0.3, -0.25) is 24.1 Å². The molecule has 5 heterocycles. The van der Waals surface area contributed by atoms with Crippen LogP contribution in [0.25, 0.3) is 0 Å². The van der Waals surface area contributed by atoms with E-state index in [2.05, 4.69) is 25.1 Å². The molecule has 3 saturated heterocycles. The number of nitrogen functional groups attached to an aromatic ring is 1. The molecule has 0 aliphatic carbocycles. The topological polar surface area (TPSA) is 219 Å². The summed E-state index contributed by atoms with van der Waals surface area (Å²) in [5.74, 6) is -3.28. The van der Waals surface area contributed by atoms with E-state index in [1.807, 2.05) is 4.90 Å².